The van der Waals surface area contributed by atoms with E-state index in [0.717, 1.165) is 5.69 Å². The summed E-state index contributed by atoms with van der Waals surface area (Å²) in [7, 11) is -3.04. The number of aromatic nitrogens is 1. The SMILES string of the molecule is Cc1cc(C(=O)COC(=O)CCNC(=O)c2cccs2)c(C)n1C1CCS(=O)(=O)C1. The first-order chi connectivity index (χ1) is 14.2. The fourth-order valence-electron chi connectivity index (χ4n) is 3.67. The van der Waals surface area contributed by atoms with E-state index < -0.39 is 22.4 Å². The van der Waals surface area contributed by atoms with Crippen molar-refractivity contribution in [3.8, 4) is 0 Å². The van der Waals surface area contributed by atoms with Gasteiger partial charge in [-0.1, -0.05) is 6.07 Å². The Kier molecular flexibility index (Phi) is 6.77. The summed E-state index contributed by atoms with van der Waals surface area (Å²) in [5.41, 5.74) is 1.91. The molecule has 30 heavy (non-hydrogen) atoms. The maximum absolute atomic E-state index is 12.5. The molecule has 0 radical (unpaired) electrons. The Labute approximate surface area is 179 Å². The molecule has 0 bridgehead atoms. The molecule has 1 amide bonds. The van der Waals surface area contributed by atoms with Crippen molar-refractivity contribution in [2.24, 2.45) is 0 Å². The van der Waals surface area contributed by atoms with Gasteiger partial charge in [0.15, 0.2) is 16.4 Å². The largest absolute Gasteiger partial charge is 0.457 e. The lowest BCUT2D eigenvalue weighted by Crippen LogP contribution is -2.26. The lowest BCUT2D eigenvalue weighted by molar-refractivity contribution is -0.142. The average molecular weight is 453 g/mol. The quantitative estimate of drug-likeness (QED) is 0.485. The number of carbonyl (C=O) groups is 3. The fourth-order valence-corrected chi connectivity index (χ4v) is 6.01. The zero-order chi connectivity index (χ0) is 21.9. The van der Waals surface area contributed by atoms with Crippen LogP contribution in [-0.4, -0.2) is 55.3 Å². The molecule has 1 aliphatic heterocycles. The molecule has 1 saturated heterocycles. The number of hydrogen-bond acceptors (Lipinski definition) is 7. The summed E-state index contributed by atoms with van der Waals surface area (Å²) < 4.78 is 30.5. The van der Waals surface area contributed by atoms with Gasteiger partial charge in [0.25, 0.3) is 5.91 Å². The van der Waals surface area contributed by atoms with Crippen LogP contribution in [0.2, 0.25) is 0 Å². The number of thiophene rings is 1. The zero-order valence-electron chi connectivity index (χ0n) is 16.8. The Hall–Kier alpha value is -2.46. The summed E-state index contributed by atoms with van der Waals surface area (Å²) in [5, 5.41) is 4.42. The van der Waals surface area contributed by atoms with E-state index in [0.29, 0.717) is 22.6 Å². The molecule has 1 fully saturated rings. The van der Waals surface area contributed by atoms with E-state index in [2.05, 4.69) is 5.32 Å². The van der Waals surface area contributed by atoms with Crippen LogP contribution in [0.4, 0.5) is 0 Å². The summed E-state index contributed by atoms with van der Waals surface area (Å²) in [6.45, 7) is 3.32. The molecule has 3 heterocycles. The number of sulfone groups is 1. The fraction of sp³-hybridized carbons (Fsp3) is 0.450. The van der Waals surface area contributed by atoms with Crippen LogP contribution in [0.5, 0.6) is 0 Å². The highest BCUT2D eigenvalue weighted by molar-refractivity contribution is 7.91. The second kappa shape index (κ2) is 9.13. The van der Waals surface area contributed by atoms with Crippen molar-refractivity contribution in [2.75, 3.05) is 24.7 Å². The number of esters is 1. The Balaban J connectivity index is 1.50. The van der Waals surface area contributed by atoms with Gasteiger partial charge < -0.3 is 14.6 Å². The number of hydrogen-bond donors (Lipinski definition) is 1. The Morgan fingerprint density at radius 1 is 1.30 bits per heavy atom. The molecule has 8 nitrogen and oxygen atoms in total. The van der Waals surface area contributed by atoms with Gasteiger partial charge in [0.05, 0.1) is 22.8 Å². The van der Waals surface area contributed by atoms with E-state index in [4.69, 9.17) is 4.74 Å². The highest BCUT2D eigenvalue weighted by Gasteiger charge is 2.31. The topological polar surface area (TPSA) is 112 Å². The van der Waals surface area contributed by atoms with Crippen molar-refractivity contribution >= 4 is 38.8 Å². The van der Waals surface area contributed by atoms with E-state index >= 15 is 0 Å². The van der Waals surface area contributed by atoms with Crippen LogP contribution in [-0.2, 0) is 19.4 Å². The molecule has 2 aromatic rings. The Bertz CT molecular complexity index is 1050. The summed E-state index contributed by atoms with van der Waals surface area (Å²) in [6.07, 6.45) is 0.488. The molecule has 1 atom stereocenters. The number of Topliss-reactive ketones (excluding diaryl/α,β-unsaturated/α-hetero) is 1. The van der Waals surface area contributed by atoms with Crippen LogP contribution in [0.25, 0.3) is 0 Å². The molecule has 1 aliphatic rings. The lowest BCUT2D eigenvalue weighted by Gasteiger charge is -2.16. The van der Waals surface area contributed by atoms with Gasteiger partial charge in [-0.05, 0) is 37.8 Å². The number of aryl methyl sites for hydroxylation is 1. The van der Waals surface area contributed by atoms with Crippen molar-refractivity contribution in [1.82, 2.24) is 9.88 Å². The predicted molar refractivity (Wildman–Crippen MR) is 113 cm³/mol. The molecular formula is C20H24N2O6S2. The minimum atomic E-state index is -3.04. The second-order valence-corrected chi connectivity index (χ2v) is 10.5. The average Bonchev–Trinajstić information content (AvgIpc) is 3.39. The van der Waals surface area contributed by atoms with Crippen LogP contribution >= 0.6 is 11.3 Å². The third-order valence-electron chi connectivity index (χ3n) is 5.08. The van der Waals surface area contributed by atoms with Gasteiger partial charge in [0.1, 0.15) is 0 Å². The number of amides is 1. The molecule has 0 spiro atoms. The normalized spacial score (nSPS) is 17.6. The highest BCUT2D eigenvalue weighted by atomic mass is 32.2. The molecule has 10 heteroatoms. The third kappa shape index (κ3) is 5.17. The van der Waals surface area contributed by atoms with Crippen LogP contribution in [0.1, 0.15) is 50.3 Å². The van der Waals surface area contributed by atoms with E-state index in [1.54, 1.807) is 30.5 Å². The van der Waals surface area contributed by atoms with Crippen LogP contribution in [0.3, 0.4) is 0 Å². The van der Waals surface area contributed by atoms with Gasteiger partial charge in [-0.15, -0.1) is 11.3 Å². The first-order valence-electron chi connectivity index (χ1n) is 9.57. The number of carbonyl (C=O) groups excluding carboxylic acids is 3. The monoisotopic (exact) mass is 452 g/mol. The Morgan fingerprint density at radius 2 is 2.07 bits per heavy atom. The van der Waals surface area contributed by atoms with E-state index in [9.17, 15) is 22.8 Å². The summed E-state index contributed by atoms with van der Waals surface area (Å²) in [6, 6.07) is 4.99. The summed E-state index contributed by atoms with van der Waals surface area (Å²) in [5.74, 6) is -0.950. The molecule has 0 aliphatic carbocycles. The minimum absolute atomic E-state index is 0.0383. The number of ether oxygens (including phenoxy) is 1. The third-order valence-corrected chi connectivity index (χ3v) is 7.70. The maximum atomic E-state index is 12.5. The van der Waals surface area contributed by atoms with Gasteiger partial charge in [-0.3, -0.25) is 14.4 Å². The maximum Gasteiger partial charge on any atom is 0.308 e. The van der Waals surface area contributed by atoms with Gasteiger partial charge in [0, 0.05) is 29.5 Å². The van der Waals surface area contributed by atoms with Gasteiger partial charge in [0.2, 0.25) is 5.78 Å². The molecule has 2 aromatic heterocycles. The predicted octanol–water partition coefficient (Wildman–Crippen LogP) is 2.07. The highest BCUT2D eigenvalue weighted by Crippen LogP contribution is 2.29. The minimum Gasteiger partial charge on any atom is -0.457 e. The summed E-state index contributed by atoms with van der Waals surface area (Å²) >= 11 is 1.31. The first kappa shape index (κ1) is 22.2. The van der Waals surface area contributed by atoms with Gasteiger partial charge >= 0.3 is 5.97 Å². The lowest BCUT2D eigenvalue weighted by atomic mass is 10.1. The van der Waals surface area contributed by atoms with Crippen LogP contribution < -0.4 is 5.32 Å². The standard InChI is InChI=1S/C20H24N2O6S2/c1-13-10-16(14(2)22(13)15-6-9-30(26,27)12-15)17(23)11-28-19(24)5-7-21-20(25)18-4-3-8-29-18/h3-4,8,10,15H,5-7,9,11-12H2,1-2H3,(H,21,25). The van der Waals surface area contributed by atoms with Crippen molar-refractivity contribution < 1.29 is 27.5 Å². The number of rotatable bonds is 8. The number of nitrogens with zero attached hydrogens (tertiary/aromatic N) is 1. The van der Waals surface area contributed by atoms with Gasteiger partial charge in [-0.25, -0.2) is 8.42 Å². The zero-order valence-corrected chi connectivity index (χ0v) is 18.5. The van der Waals surface area contributed by atoms with Crippen molar-refractivity contribution in [2.45, 2.75) is 32.7 Å². The van der Waals surface area contributed by atoms with Crippen LogP contribution in [0, 0.1) is 13.8 Å². The molecule has 162 valence electrons. The first-order valence-corrected chi connectivity index (χ1v) is 12.3. The molecule has 0 saturated carbocycles. The summed E-state index contributed by atoms with van der Waals surface area (Å²) in [4.78, 5) is 36.8. The Morgan fingerprint density at radius 3 is 2.70 bits per heavy atom. The molecule has 0 aromatic carbocycles. The van der Waals surface area contributed by atoms with Gasteiger partial charge in [-0.2, -0.15) is 0 Å². The number of nitrogens with one attached hydrogen (secondary N) is 1. The molecule has 1 N–H and O–H groups in total. The van der Waals surface area contributed by atoms with Crippen molar-refractivity contribution in [3.05, 3.63) is 45.4 Å². The van der Waals surface area contributed by atoms with E-state index in [1.165, 1.54) is 11.3 Å². The molecular weight excluding hydrogens is 428 g/mol. The van der Waals surface area contributed by atoms with E-state index in [-0.39, 0.29) is 42.2 Å². The smallest absolute Gasteiger partial charge is 0.308 e. The van der Waals surface area contributed by atoms with E-state index in [1.807, 2.05) is 11.5 Å². The molecule has 3 rings (SSSR count). The van der Waals surface area contributed by atoms with Crippen molar-refractivity contribution in [3.63, 3.8) is 0 Å². The van der Waals surface area contributed by atoms with Crippen LogP contribution in [0.15, 0.2) is 23.6 Å². The van der Waals surface area contributed by atoms with Crippen molar-refractivity contribution in [1.29, 1.82) is 0 Å². The second-order valence-electron chi connectivity index (χ2n) is 7.28. The number of ketones is 1. The molecule has 1 unspecified atom stereocenters.